The molecule has 1 fully saturated rings. The topological polar surface area (TPSA) is 41.1 Å². The third-order valence-corrected chi connectivity index (χ3v) is 4.28. The second-order valence-electron chi connectivity index (χ2n) is 6.33. The highest BCUT2D eigenvalue weighted by Gasteiger charge is 2.34. The van der Waals surface area contributed by atoms with Gasteiger partial charge in [0.2, 0.25) is 5.91 Å². The van der Waals surface area contributed by atoms with E-state index in [0.29, 0.717) is 6.04 Å². The Morgan fingerprint density at radius 2 is 2.04 bits per heavy atom. The lowest BCUT2D eigenvalue weighted by Crippen LogP contribution is -2.46. The van der Waals surface area contributed by atoms with Gasteiger partial charge in [-0.15, -0.1) is 12.4 Å². The Morgan fingerprint density at radius 3 is 2.67 bits per heavy atom. The van der Waals surface area contributed by atoms with Crippen molar-refractivity contribution in [2.45, 2.75) is 57.3 Å². The van der Waals surface area contributed by atoms with Gasteiger partial charge in [-0.05, 0) is 43.9 Å². The van der Waals surface area contributed by atoms with Crippen molar-refractivity contribution in [3.05, 3.63) is 35.4 Å². The van der Waals surface area contributed by atoms with Crippen molar-refractivity contribution in [3.63, 3.8) is 0 Å². The fourth-order valence-electron chi connectivity index (χ4n) is 3.12. The first kappa shape index (κ1) is 20.8. The molecule has 1 aliphatic rings. The van der Waals surface area contributed by atoms with Gasteiger partial charge in [0, 0.05) is 18.5 Å². The lowest BCUT2D eigenvalue weighted by atomic mass is 9.92. The van der Waals surface area contributed by atoms with Gasteiger partial charge in [-0.2, -0.15) is 13.2 Å². The van der Waals surface area contributed by atoms with E-state index in [9.17, 15) is 18.0 Å². The highest BCUT2D eigenvalue weighted by molar-refractivity contribution is 5.85. The molecule has 1 aliphatic heterocycles. The molecule has 0 radical (unpaired) electrons. The summed E-state index contributed by atoms with van der Waals surface area (Å²) in [4.78, 5) is 12.1. The summed E-state index contributed by atoms with van der Waals surface area (Å²) in [6.45, 7) is 4.56. The van der Waals surface area contributed by atoms with Gasteiger partial charge in [0.25, 0.3) is 0 Å². The Balaban J connectivity index is 0.00000288. The normalized spacial score (nSPS) is 22.4. The second kappa shape index (κ2) is 8.72. The molecule has 136 valence electrons. The predicted molar refractivity (Wildman–Crippen MR) is 90.4 cm³/mol. The van der Waals surface area contributed by atoms with Crippen LogP contribution in [0, 0.1) is 0 Å². The summed E-state index contributed by atoms with van der Waals surface area (Å²) in [5.41, 5.74) is -0.482. The Labute approximate surface area is 146 Å². The number of hydrogen-bond acceptors (Lipinski definition) is 2. The molecule has 1 aromatic rings. The summed E-state index contributed by atoms with van der Waals surface area (Å²) < 4.78 is 39.2. The Morgan fingerprint density at radius 1 is 1.38 bits per heavy atom. The molecular formula is C17H24ClF3N2O. The zero-order valence-electron chi connectivity index (χ0n) is 13.8. The maximum atomic E-state index is 13.1. The van der Waals surface area contributed by atoms with E-state index in [-0.39, 0.29) is 36.3 Å². The van der Waals surface area contributed by atoms with Gasteiger partial charge in [0.1, 0.15) is 0 Å². The van der Waals surface area contributed by atoms with Crippen molar-refractivity contribution >= 4 is 18.3 Å². The molecule has 1 heterocycles. The van der Waals surface area contributed by atoms with Crippen molar-refractivity contribution < 1.29 is 18.0 Å². The average Bonchev–Trinajstić information content (AvgIpc) is 2.46. The molecule has 0 bridgehead atoms. The lowest BCUT2D eigenvalue weighted by molar-refractivity contribution is -0.138. The number of halogens is 4. The highest BCUT2D eigenvalue weighted by atomic mass is 35.5. The van der Waals surface area contributed by atoms with Crippen LogP contribution >= 0.6 is 12.4 Å². The molecule has 1 saturated heterocycles. The zero-order valence-corrected chi connectivity index (χ0v) is 14.6. The molecule has 1 amide bonds. The van der Waals surface area contributed by atoms with Gasteiger partial charge < -0.3 is 10.6 Å². The molecular weight excluding hydrogens is 341 g/mol. The minimum Gasteiger partial charge on any atom is -0.353 e. The molecule has 0 spiro atoms. The quantitative estimate of drug-likeness (QED) is 0.851. The molecule has 0 aliphatic carbocycles. The molecule has 0 aromatic heterocycles. The van der Waals surface area contributed by atoms with Gasteiger partial charge in [0.05, 0.1) is 5.56 Å². The number of nitrogens with one attached hydrogen (secondary N) is 2. The molecule has 1 aromatic carbocycles. The van der Waals surface area contributed by atoms with Crippen LogP contribution in [0.25, 0.3) is 0 Å². The molecule has 3 nitrogen and oxygen atoms in total. The summed E-state index contributed by atoms with van der Waals surface area (Å²) in [5.74, 6) is -0.666. The minimum absolute atomic E-state index is 0. The first-order valence-electron chi connectivity index (χ1n) is 7.96. The monoisotopic (exact) mass is 364 g/mol. The summed E-state index contributed by atoms with van der Waals surface area (Å²) in [6, 6.07) is 5.91. The summed E-state index contributed by atoms with van der Waals surface area (Å²) in [6.07, 6.45) is -2.64. The maximum absolute atomic E-state index is 13.1. The Hall–Kier alpha value is -1.27. The van der Waals surface area contributed by atoms with Crippen LogP contribution in [0.3, 0.4) is 0 Å². The zero-order chi connectivity index (χ0) is 17.0. The van der Waals surface area contributed by atoms with Crippen LogP contribution in [0.15, 0.2) is 24.3 Å². The summed E-state index contributed by atoms with van der Waals surface area (Å²) in [5, 5.41) is 6.25. The van der Waals surface area contributed by atoms with Crippen molar-refractivity contribution in [2.24, 2.45) is 0 Å². The molecule has 2 rings (SSSR count). The SMILES string of the molecule is CC1CC(NC(=O)CC(C)c2ccccc2C(F)(F)F)CCN1.Cl. The standard InChI is InChI=1S/C17H23F3N2O.ClH/c1-11(14-5-3-4-6-15(14)17(18,19)20)9-16(23)22-13-7-8-21-12(2)10-13;/h3-6,11-13,21H,7-10H2,1-2H3,(H,22,23);1H. The largest absolute Gasteiger partial charge is 0.416 e. The van der Waals surface area contributed by atoms with Crippen LogP contribution in [-0.2, 0) is 11.0 Å². The van der Waals surface area contributed by atoms with E-state index in [0.717, 1.165) is 25.5 Å². The van der Waals surface area contributed by atoms with Crippen molar-refractivity contribution in [2.75, 3.05) is 6.54 Å². The Bertz CT molecular complexity index is 551. The van der Waals surface area contributed by atoms with Gasteiger partial charge >= 0.3 is 6.18 Å². The number of rotatable bonds is 4. The van der Waals surface area contributed by atoms with Crippen LogP contribution in [0.2, 0.25) is 0 Å². The number of benzene rings is 1. The van der Waals surface area contributed by atoms with E-state index in [2.05, 4.69) is 17.6 Å². The van der Waals surface area contributed by atoms with Gasteiger partial charge in [0.15, 0.2) is 0 Å². The fraction of sp³-hybridized carbons (Fsp3) is 0.588. The smallest absolute Gasteiger partial charge is 0.353 e. The van der Waals surface area contributed by atoms with E-state index >= 15 is 0 Å². The van der Waals surface area contributed by atoms with Crippen LogP contribution < -0.4 is 10.6 Å². The van der Waals surface area contributed by atoms with Crippen LogP contribution in [-0.4, -0.2) is 24.5 Å². The van der Waals surface area contributed by atoms with Gasteiger partial charge in [-0.3, -0.25) is 4.79 Å². The first-order chi connectivity index (χ1) is 10.8. The predicted octanol–water partition coefficient (Wildman–Crippen LogP) is 3.88. The number of carbonyl (C=O) groups excluding carboxylic acids is 1. The lowest BCUT2D eigenvalue weighted by Gasteiger charge is -2.29. The van der Waals surface area contributed by atoms with Crippen molar-refractivity contribution in [1.29, 1.82) is 0 Å². The summed E-state index contributed by atoms with van der Waals surface area (Å²) >= 11 is 0. The molecule has 3 unspecified atom stereocenters. The van der Waals surface area contributed by atoms with E-state index < -0.39 is 17.7 Å². The van der Waals surface area contributed by atoms with E-state index in [1.165, 1.54) is 12.1 Å². The molecule has 7 heteroatoms. The van der Waals surface area contributed by atoms with Crippen LogP contribution in [0.1, 0.15) is 50.2 Å². The second-order valence-corrected chi connectivity index (χ2v) is 6.33. The van der Waals surface area contributed by atoms with Gasteiger partial charge in [-0.1, -0.05) is 25.1 Å². The molecule has 2 N–H and O–H groups in total. The first-order valence-corrected chi connectivity index (χ1v) is 7.96. The third kappa shape index (κ3) is 5.67. The van der Waals surface area contributed by atoms with Crippen LogP contribution in [0.5, 0.6) is 0 Å². The van der Waals surface area contributed by atoms with E-state index in [1.807, 2.05) is 0 Å². The average molecular weight is 365 g/mol. The number of piperidine rings is 1. The number of carbonyl (C=O) groups is 1. The number of hydrogen-bond donors (Lipinski definition) is 2. The highest BCUT2D eigenvalue weighted by Crippen LogP contribution is 2.35. The number of amides is 1. The van der Waals surface area contributed by atoms with E-state index in [4.69, 9.17) is 0 Å². The van der Waals surface area contributed by atoms with Crippen molar-refractivity contribution in [3.8, 4) is 0 Å². The van der Waals surface area contributed by atoms with Gasteiger partial charge in [-0.25, -0.2) is 0 Å². The fourth-order valence-corrected chi connectivity index (χ4v) is 3.12. The number of alkyl halides is 3. The van der Waals surface area contributed by atoms with Crippen molar-refractivity contribution in [1.82, 2.24) is 10.6 Å². The minimum atomic E-state index is -4.40. The van der Waals surface area contributed by atoms with Crippen LogP contribution in [0.4, 0.5) is 13.2 Å². The third-order valence-electron chi connectivity index (χ3n) is 4.28. The maximum Gasteiger partial charge on any atom is 0.416 e. The Kier molecular flexibility index (Phi) is 7.55. The molecule has 3 atom stereocenters. The van der Waals surface area contributed by atoms with E-state index in [1.54, 1.807) is 13.0 Å². The summed E-state index contributed by atoms with van der Waals surface area (Å²) in [7, 11) is 0. The molecule has 0 saturated carbocycles. The molecule has 24 heavy (non-hydrogen) atoms.